The Labute approximate surface area is 172 Å². The summed E-state index contributed by atoms with van der Waals surface area (Å²) >= 11 is 2.21. The normalized spacial score (nSPS) is 18.1. The average molecular weight is 501 g/mol. The van der Waals surface area contributed by atoms with Crippen molar-refractivity contribution in [1.29, 1.82) is 0 Å². The summed E-state index contributed by atoms with van der Waals surface area (Å²) in [5.74, 6) is -2.21. The summed E-state index contributed by atoms with van der Waals surface area (Å²) in [4.78, 5) is 37.7. The molecule has 1 amide bonds. The van der Waals surface area contributed by atoms with E-state index >= 15 is 4.39 Å². The Morgan fingerprint density at radius 1 is 1.39 bits per heavy atom. The number of carbonyl (C=O) groups is 2. The van der Waals surface area contributed by atoms with Crippen LogP contribution in [0, 0.1) is 5.82 Å². The first kappa shape index (κ1) is 19.0. The van der Waals surface area contributed by atoms with Gasteiger partial charge in [-0.25, -0.2) is 9.18 Å². The molecule has 0 atom stereocenters. The predicted molar refractivity (Wildman–Crippen MR) is 108 cm³/mol. The molecule has 1 saturated carbocycles. The summed E-state index contributed by atoms with van der Waals surface area (Å²) in [7, 11) is 1.37. The molecular weight excluding hydrogens is 484 g/mol. The molecule has 0 spiro atoms. The van der Waals surface area contributed by atoms with Crippen molar-refractivity contribution in [3.05, 3.63) is 33.9 Å². The van der Waals surface area contributed by atoms with Crippen LogP contribution in [-0.4, -0.2) is 48.3 Å². The van der Waals surface area contributed by atoms with Crippen molar-refractivity contribution in [1.82, 2.24) is 9.88 Å². The minimum Gasteiger partial charge on any atom is -0.492 e. The van der Waals surface area contributed by atoms with Gasteiger partial charge in [-0.3, -0.25) is 9.59 Å². The van der Waals surface area contributed by atoms with Crippen molar-refractivity contribution in [2.45, 2.75) is 16.4 Å². The van der Waals surface area contributed by atoms with Crippen LogP contribution in [0.2, 0.25) is 0 Å². The molecular formula is C18H17FIN3O5. The maximum Gasteiger partial charge on any atom is 0.341 e. The molecule has 0 bridgehead atoms. The van der Waals surface area contributed by atoms with Crippen LogP contribution in [0.25, 0.3) is 10.9 Å². The van der Waals surface area contributed by atoms with E-state index in [2.05, 4.69) is 27.9 Å². The first-order chi connectivity index (χ1) is 13.3. The van der Waals surface area contributed by atoms with Gasteiger partial charge in [0.1, 0.15) is 11.3 Å². The molecule has 1 aromatic heterocycles. The number of rotatable bonds is 4. The topological polar surface area (TPSA) is 101 Å². The van der Waals surface area contributed by atoms with Gasteiger partial charge in [-0.2, -0.15) is 0 Å². The van der Waals surface area contributed by atoms with Crippen LogP contribution in [0.15, 0.2) is 17.1 Å². The molecule has 1 aliphatic heterocycles. The standard InChI is InChI=1S/C18H17FIN3O5/c1-28-16-13-9(6-11(19)14(16)22-5-4-21-12(24)8-22)15(25)10(17(26)27)7-23(13)18(20)2-3-18/h6-7H,2-5,8H2,1H3,(H,21,24)(H,26,27). The number of piperazine rings is 1. The maximum absolute atomic E-state index is 15.1. The number of nitrogens with zero attached hydrogens (tertiary/aromatic N) is 2. The monoisotopic (exact) mass is 501 g/mol. The number of aromatic carboxylic acids is 1. The summed E-state index contributed by atoms with van der Waals surface area (Å²) in [5.41, 5.74) is -0.741. The average Bonchev–Trinajstić information content (AvgIpc) is 3.39. The number of hydrogen-bond donors (Lipinski definition) is 2. The van der Waals surface area contributed by atoms with Crippen molar-refractivity contribution in [3.8, 4) is 5.75 Å². The van der Waals surface area contributed by atoms with E-state index in [1.54, 1.807) is 9.47 Å². The number of ether oxygens (including phenoxy) is 1. The number of alkyl halides is 1. The maximum atomic E-state index is 15.1. The molecule has 8 nitrogen and oxygen atoms in total. The van der Waals surface area contributed by atoms with Crippen molar-refractivity contribution in [2.75, 3.05) is 31.6 Å². The summed E-state index contributed by atoms with van der Waals surface area (Å²) in [6.07, 6.45) is 2.87. The second kappa shape index (κ2) is 6.61. The Kier molecular flexibility index (Phi) is 4.47. The summed E-state index contributed by atoms with van der Waals surface area (Å²) in [6.45, 7) is 0.712. The molecule has 148 valence electrons. The Morgan fingerprint density at radius 3 is 2.68 bits per heavy atom. The number of aromatic nitrogens is 1. The second-order valence-electron chi connectivity index (χ2n) is 6.87. The van der Waals surface area contributed by atoms with E-state index < -0.39 is 26.3 Å². The highest BCUT2D eigenvalue weighted by atomic mass is 127. The van der Waals surface area contributed by atoms with E-state index in [9.17, 15) is 19.5 Å². The van der Waals surface area contributed by atoms with Gasteiger partial charge in [0.2, 0.25) is 11.3 Å². The number of halogens is 2. The van der Waals surface area contributed by atoms with Gasteiger partial charge >= 0.3 is 5.97 Å². The third kappa shape index (κ3) is 2.90. The van der Waals surface area contributed by atoms with Crippen molar-refractivity contribution >= 4 is 51.1 Å². The molecule has 1 aromatic carbocycles. The zero-order valence-corrected chi connectivity index (χ0v) is 17.1. The molecule has 4 rings (SSSR count). The fourth-order valence-electron chi connectivity index (χ4n) is 3.55. The number of fused-ring (bicyclic) bond motifs is 1. The highest BCUT2D eigenvalue weighted by Gasteiger charge is 2.44. The lowest BCUT2D eigenvalue weighted by atomic mass is 10.1. The summed E-state index contributed by atoms with van der Waals surface area (Å²) in [6, 6.07) is 1.05. The smallest absolute Gasteiger partial charge is 0.341 e. The van der Waals surface area contributed by atoms with Crippen LogP contribution in [0.5, 0.6) is 5.75 Å². The van der Waals surface area contributed by atoms with Gasteiger partial charge in [-0.1, -0.05) is 22.6 Å². The van der Waals surface area contributed by atoms with Gasteiger partial charge in [0.15, 0.2) is 11.6 Å². The molecule has 10 heteroatoms. The highest BCUT2D eigenvalue weighted by Crippen LogP contribution is 2.53. The van der Waals surface area contributed by atoms with Crippen LogP contribution in [0.1, 0.15) is 23.2 Å². The molecule has 2 aliphatic rings. The number of carboxylic acids is 1. The third-order valence-electron chi connectivity index (χ3n) is 5.05. The second-order valence-corrected chi connectivity index (χ2v) is 8.88. The number of carbonyl (C=O) groups excluding carboxylic acids is 1. The van der Waals surface area contributed by atoms with Crippen LogP contribution >= 0.6 is 22.6 Å². The molecule has 2 aromatic rings. The Hall–Kier alpha value is -2.37. The number of methoxy groups -OCH3 is 1. The number of pyridine rings is 1. The number of hydrogen-bond acceptors (Lipinski definition) is 5. The van der Waals surface area contributed by atoms with Crippen LogP contribution in [0.4, 0.5) is 10.1 Å². The van der Waals surface area contributed by atoms with E-state index in [0.29, 0.717) is 18.6 Å². The van der Waals surface area contributed by atoms with Gasteiger partial charge in [0.25, 0.3) is 0 Å². The first-order valence-corrected chi connectivity index (χ1v) is 9.75. The molecule has 2 fully saturated rings. The third-order valence-corrected chi connectivity index (χ3v) is 6.65. The zero-order valence-electron chi connectivity index (χ0n) is 14.9. The number of carboxylic acid groups (broad SMARTS) is 1. The largest absolute Gasteiger partial charge is 0.492 e. The van der Waals surface area contributed by atoms with Crippen LogP contribution < -0.4 is 20.4 Å². The fraction of sp³-hybridized carbons (Fsp3) is 0.389. The fourth-order valence-corrected chi connectivity index (χ4v) is 4.20. The SMILES string of the molecule is COc1c(N2CCNC(=O)C2)c(F)cc2c(=O)c(C(=O)O)cn(C3(I)CC3)c12. The van der Waals surface area contributed by atoms with Crippen molar-refractivity contribution in [2.24, 2.45) is 0 Å². The van der Waals surface area contributed by atoms with Gasteiger partial charge in [-0.05, 0) is 18.9 Å². The molecule has 2 N–H and O–H groups in total. The first-order valence-electron chi connectivity index (χ1n) is 8.67. The lowest BCUT2D eigenvalue weighted by Crippen LogP contribution is -2.48. The van der Waals surface area contributed by atoms with Crippen LogP contribution in [-0.2, 0) is 8.34 Å². The van der Waals surface area contributed by atoms with Gasteiger partial charge in [0.05, 0.1) is 28.1 Å². The molecule has 28 heavy (non-hydrogen) atoms. The summed E-state index contributed by atoms with van der Waals surface area (Å²) in [5, 5.41) is 12.1. The number of anilines is 1. The lowest BCUT2D eigenvalue weighted by molar-refractivity contribution is -0.120. The molecule has 0 unspecified atom stereocenters. The van der Waals surface area contributed by atoms with Crippen molar-refractivity contribution < 1.29 is 23.8 Å². The van der Waals surface area contributed by atoms with Crippen LogP contribution in [0.3, 0.4) is 0 Å². The minimum atomic E-state index is -1.36. The lowest BCUT2D eigenvalue weighted by Gasteiger charge is -2.31. The van der Waals surface area contributed by atoms with Crippen molar-refractivity contribution in [3.63, 3.8) is 0 Å². The molecule has 2 heterocycles. The summed E-state index contributed by atoms with van der Waals surface area (Å²) < 4.78 is 21.9. The van der Waals surface area contributed by atoms with Gasteiger partial charge in [-0.15, -0.1) is 0 Å². The van der Waals surface area contributed by atoms with E-state index in [-0.39, 0.29) is 29.3 Å². The van der Waals surface area contributed by atoms with E-state index in [0.717, 1.165) is 18.9 Å². The van der Waals surface area contributed by atoms with Gasteiger partial charge < -0.3 is 24.6 Å². The van der Waals surface area contributed by atoms with E-state index in [1.165, 1.54) is 13.3 Å². The Bertz CT molecular complexity index is 1080. The molecule has 1 saturated heterocycles. The number of benzene rings is 1. The number of amides is 1. The Morgan fingerprint density at radius 2 is 2.11 bits per heavy atom. The minimum absolute atomic E-state index is 0.0361. The predicted octanol–water partition coefficient (Wildman–Crippen LogP) is 1.67. The highest BCUT2D eigenvalue weighted by molar-refractivity contribution is 14.1. The number of nitrogens with one attached hydrogen (secondary N) is 1. The molecule has 0 radical (unpaired) electrons. The van der Waals surface area contributed by atoms with Gasteiger partial charge in [0, 0.05) is 19.3 Å². The Balaban J connectivity index is 2.08. The van der Waals surface area contributed by atoms with E-state index in [1.807, 2.05) is 0 Å². The zero-order chi connectivity index (χ0) is 20.2. The molecule has 1 aliphatic carbocycles. The van der Waals surface area contributed by atoms with E-state index in [4.69, 9.17) is 4.74 Å². The quantitative estimate of drug-likeness (QED) is 0.489.